The van der Waals surface area contributed by atoms with Crippen LogP contribution in [0.4, 0.5) is 0 Å². The van der Waals surface area contributed by atoms with E-state index in [1.807, 2.05) is 13.8 Å². The van der Waals surface area contributed by atoms with E-state index in [1.54, 1.807) is 0 Å². The third-order valence-corrected chi connectivity index (χ3v) is 3.07. The van der Waals surface area contributed by atoms with Crippen molar-refractivity contribution in [3.05, 3.63) is 35.9 Å². The molecule has 2 rings (SSSR count). The summed E-state index contributed by atoms with van der Waals surface area (Å²) in [7, 11) is 0. The van der Waals surface area contributed by atoms with Crippen molar-refractivity contribution in [2.24, 2.45) is 0 Å². The molecule has 0 spiro atoms. The molecule has 1 saturated heterocycles. The Morgan fingerprint density at radius 2 is 1.53 bits per heavy atom. The van der Waals surface area contributed by atoms with Crippen molar-refractivity contribution < 1.29 is 4.74 Å². The lowest BCUT2D eigenvalue weighted by molar-refractivity contribution is 0.0564. The van der Waals surface area contributed by atoms with E-state index >= 15 is 0 Å². The van der Waals surface area contributed by atoms with Gasteiger partial charge in [0.25, 0.3) is 0 Å². The Morgan fingerprint density at radius 3 is 2.07 bits per heavy atom. The molecule has 0 N–H and O–H groups in total. The number of benzene rings is 1. The first-order chi connectivity index (χ1) is 7.31. The minimum Gasteiger partial charge on any atom is -0.381 e. The van der Waals surface area contributed by atoms with Crippen LogP contribution in [0.15, 0.2) is 30.3 Å². The van der Waals surface area contributed by atoms with Gasteiger partial charge >= 0.3 is 0 Å². The predicted octanol–water partition coefficient (Wildman–Crippen LogP) is 3.78. The summed E-state index contributed by atoms with van der Waals surface area (Å²) in [6, 6.07) is 10.8. The van der Waals surface area contributed by atoms with E-state index in [2.05, 4.69) is 37.3 Å². The van der Waals surface area contributed by atoms with Crippen LogP contribution in [0.1, 0.15) is 39.2 Å². The van der Waals surface area contributed by atoms with Gasteiger partial charge in [0, 0.05) is 13.2 Å². The summed E-state index contributed by atoms with van der Waals surface area (Å²) in [4.78, 5) is 0. The van der Waals surface area contributed by atoms with Crippen LogP contribution in [0.25, 0.3) is 0 Å². The van der Waals surface area contributed by atoms with Crippen molar-refractivity contribution in [1.29, 1.82) is 0 Å². The van der Waals surface area contributed by atoms with Crippen molar-refractivity contribution in [2.75, 3.05) is 13.2 Å². The first-order valence-corrected chi connectivity index (χ1v) is 5.95. The highest BCUT2D eigenvalue weighted by atomic mass is 16.5. The van der Waals surface area contributed by atoms with E-state index in [0.29, 0.717) is 5.41 Å². The van der Waals surface area contributed by atoms with Crippen molar-refractivity contribution in [3.63, 3.8) is 0 Å². The van der Waals surface area contributed by atoms with Gasteiger partial charge in [-0.1, -0.05) is 51.1 Å². The molecular weight excluding hydrogens is 184 g/mol. The van der Waals surface area contributed by atoms with Gasteiger partial charge in [0.05, 0.1) is 0 Å². The molecule has 1 heterocycles. The molecule has 0 saturated carbocycles. The Bertz CT molecular complexity index is 260. The summed E-state index contributed by atoms with van der Waals surface area (Å²) in [5.41, 5.74) is 1.80. The monoisotopic (exact) mass is 206 g/mol. The van der Waals surface area contributed by atoms with Crippen LogP contribution in [0.5, 0.6) is 0 Å². The van der Waals surface area contributed by atoms with Crippen LogP contribution >= 0.6 is 0 Å². The first-order valence-electron chi connectivity index (χ1n) is 5.95. The summed E-state index contributed by atoms with van der Waals surface area (Å²) in [6.45, 7) is 8.15. The molecule has 0 aliphatic carbocycles. The molecule has 1 nitrogen and oxygen atoms in total. The lowest BCUT2D eigenvalue weighted by atomic mass is 9.76. The van der Waals surface area contributed by atoms with Gasteiger partial charge in [-0.2, -0.15) is 0 Å². The standard InChI is InChI=1S/C12H16O.C2H6/c1-12(7-9-13-10-8-12)11-5-3-2-4-6-11;1-2/h2-6H,7-10H2,1H3;1-2H3. The van der Waals surface area contributed by atoms with Gasteiger partial charge in [-0.05, 0) is 23.8 Å². The van der Waals surface area contributed by atoms with Crippen molar-refractivity contribution >= 4 is 0 Å². The molecule has 0 aromatic heterocycles. The fourth-order valence-electron chi connectivity index (χ4n) is 1.95. The van der Waals surface area contributed by atoms with Crippen LogP contribution in [-0.4, -0.2) is 13.2 Å². The second kappa shape index (κ2) is 5.92. The van der Waals surface area contributed by atoms with Crippen molar-refractivity contribution in [1.82, 2.24) is 0 Å². The molecule has 0 radical (unpaired) electrons. The van der Waals surface area contributed by atoms with Gasteiger partial charge < -0.3 is 4.74 Å². The lowest BCUT2D eigenvalue weighted by Gasteiger charge is -2.34. The average molecular weight is 206 g/mol. The minimum absolute atomic E-state index is 0.347. The molecule has 0 bridgehead atoms. The molecule has 1 heteroatoms. The first kappa shape index (κ1) is 12.3. The van der Waals surface area contributed by atoms with Crippen LogP contribution in [-0.2, 0) is 10.2 Å². The molecule has 1 fully saturated rings. The molecule has 1 aliphatic rings. The zero-order valence-electron chi connectivity index (χ0n) is 10.1. The van der Waals surface area contributed by atoms with Crippen LogP contribution in [0.2, 0.25) is 0 Å². The fourth-order valence-corrected chi connectivity index (χ4v) is 1.95. The third kappa shape index (κ3) is 3.07. The van der Waals surface area contributed by atoms with E-state index in [4.69, 9.17) is 4.74 Å². The van der Waals surface area contributed by atoms with E-state index in [0.717, 1.165) is 26.1 Å². The lowest BCUT2D eigenvalue weighted by Crippen LogP contribution is -2.30. The molecule has 1 aliphatic heterocycles. The molecule has 1 aromatic carbocycles. The average Bonchev–Trinajstić information content (AvgIpc) is 2.34. The molecule has 0 unspecified atom stereocenters. The van der Waals surface area contributed by atoms with Crippen LogP contribution < -0.4 is 0 Å². The summed E-state index contributed by atoms with van der Waals surface area (Å²) >= 11 is 0. The normalized spacial score (nSPS) is 18.9. The van der Waals surface area contributed by atoms with E-state index in [1.165, 1.54) is 5.56 Å². The summed E-state index contributed by atoms with van der Waals surface area (Å²) in [5.74, 6) is 0. The summed E-state index contributed by atoms with van der Waals surface area (Å²) in [6.07, 6.45) is 2.30. The number of hydrogen-bond acceptors (Lipinski definition) is 1. The van der Waals surface area contributed by atoms with E-state index < -0.39 is 0 Å². The molecule has 84 valence electrons. The summed E-state index contributed by atoms with van der Waals surface area (Å²) in [5, 5.41) is 0. The van der Waals surface area contributed by atoms with Crippen LogP contribution in [0, 0.1) is 0 Å². The molecule has 1 aromatic rings. The Balaban J connectivity index is 0.000000531. The zero-order chi connectivity index (χ0) is 11.1. The molecule has 0 atom stereocenters. The second-order valence-electron chi connectivity index (χ2n) is 4.04. The highest BCUT2D eigenvalue weighted by Crippen LogP contribution is 2.33. The maximum absolute atomic E-state index is 5.39. The topological polar surface area (TPSA) is 9.23 Å². The van der Waals surface area contributed by atoms with Gasteiger partial charge in [-0.3, -0.25) is 0 Å². The van der Waals surface area contributed by atoms with Gasteiger partial charge in [0.15, 0.2) is 0 Å². The quantitative estimate of drug-likeness (QED) is 0.679. The van der Waals surface area contributed by atoms with Crippen LogP contribution in [0.3, 0.4) is 0 Å². The molecule has 15 heavy (non-hydrogen) atoms. The number of hydrogen-bond donors (Lipinski definition) is 0. The van der Waals surface area contributed by atoms with Crippen molar-refractivity contribution in [3.8, 4) is 0 Å². The smallest absolute Gasteiger partial charge is 0.0474 e. The Hall–Kier alpha value is -0.820. The van der Waals surface area contributed by atoms with Gasteiger partial charge in [0.2, 0.25) is 0 Å². The second-order valence-corrected chi connectivity index (χ2v) is 4.04. The Morgan fingerprint density at radius 1 is 1.00 bits per heavy atom. The highest BCUT2D eigenvalue weighted by Gasteiger charge is 2.28. The SMILES string of the molecule is CC.CC1(c2ccccc2)CCOCC1. The number of rotatable bonds is 1. The largest absolute Gasteiger partial charge is 0.381 e. The third-order valence-electron chi connectivity index (χ3n) is 3.07. The van der Waals surface area contributed by atoms with Gasteiger partial charge in [-0.25, -0.2) is 0 Å². The molecular formula is C14H22O. The zero-order valence-corrected chi connectivity index (χ0v) is 10.1. The summed E-state index contributed by atoms with van der Waals surface area (Å²) < 4.78 is 5.39. The minimum atomic E-state index is 0.347. The van der Waals surface area contributed by atoms with Gasteiger partial charge in [0.1, 0.15) is 0 Å². The van der Waals surface area contributed by atoms with Gasteiger partial charge in [-0.15, -0.1) is 0 Å². The maximum atomic E-state index is 5.39. The molecule has 0 amide bonds. The Kier molecular flexibility index (Phi) is 4.83. The maximum Gasteiger partial charge on any atom is 0.0474 e. The van der Waals surface area contributed by atoms with E-state index in [-0.39, 0.29) is 0 Å². The fraction of sp³-hybridized carbons (Fsp3) is 0.571. The predicted molar refractivity (Wildman–Crippen MR) is 65.2 cm³/mol. The Labute approximate surface area is 93.5 Å². The van der Waals surface area contributed by atoms with E-state index in [9.17, 15) is 0 Å². The highest BCUT2D eigenvalue weighted by molar-refractivity contribution is 5.24. The van der Waals surface area contributed by atoms with Crippen molar-refractivity contribution in [2.45, 2.75) is 39.0 Å². The number of ether oxygens (including phenoxy) is 1.